The van der Waals surface area contributed by atoms with Crippen LogP contribution in [0.2, 0.25) is 10.0 Å². The zero-order valence-electron chi connectivity index (χ0n) is 17.6. The summed E-state index contributed by atoms with van der Waals surface area (Å²) in [5.41, 5.74) is -4.21. The van der Waals surface area contributed by atoms with Crippen molar-refractivity contribution in [2.24, 2.45) is 0 Å². The number of hydroxylamine groups is 1. The number of halogens is 10. The number of benzene rings is 1. The maximum Gasteiger partial charge on any atom is 0.428 e. The van der Waals surface area contributed by atoms with E-state index < -0.39 is 70.5 Å². The van der Waals surface area contributed by atoms with E-state index in [4.69, 9.17) is 28.0 Å². The first-order chi connectivity index (χ1) is 16.5. The van der Waals surface area contributed by atoms with Crippen molar-refractivity contribution in [2.45, 2.75) is 30.0 Å². The fraction of sp³-hybridized carbons (Fsp3) is 0.333. The smallest absolute Gasteiger partial charge is 0.335 e. The molecule has 2 aliphatic heterocycles. The molecule has 4 rings (SSSR count). The van der Waals surface area contributed by atoms with Crippen LogP contribution in [0.15, 0.2) is 36.5 Å². The van der Waals surface area contributed by atoms with Gasteiger partial charge in [0.1, 0.15) is 6.42 Å². The summed E-state index contributed by atoms with van der Waals surface area (Å²) in [7, 11) is 0. The molecule has 0 saturated carbocycles. The molecule has 2 aromatic rings. The van der Waals surface area contributed by atoms with Crippen LogP contribution in [0.5, 0.6) is 0 Å². The molecule has 1 aromatic carbocycles. The van der Waals surface area contributed by atoms with Gasteiger partial charge in [-0.1, -0.05) is 23.2 Å². The van der Waals surface area contributed by atoms with E-state index in [1.807, 2.05) is 0 Å². The zero-order chi connectivity index (χ0) is 26.7. The highest BCUT2D eigenvalue weighted by Crippen LogP contribution is 2.48. The second-order valence-corrected chi connectivity index (χ2v) is 9.00. The summed E-state index contributed by atoms with van der Waals surface area (Å²) < 4.78 is 108. The first-order valence-electron chi connectivity index (χ1n) is 9.94. The van der Waals surface area contributed by atoms with E-state index in [-0.39, 0.29) is 17.0 Å². The highest BCUT2D eigenvalue weighted by Gasteiger charge is 2.60. The van der Waals surface area contributed by atoms with Gasteiger partial charge in [0.15, 0.2) is 11.5 Å². The minimum atomic E-state index is -5.05. The SMILES string of the molecule is O=C(CC(F)(F)F)N1CC(F)(c2ccc(C3=CC(c4cc(Cl)c(F)c(Cl)c4)(C(F)(F)F)ON3)cn2)C1. The number of pyridine rings is 1. The van der Waals surface area contributed by atoms with Gasteiger partial charge in [-0.25, -0.2) is 8.78 Å². The lowest BCUT2D eigenvalue weighted by atomic mass is 9.90. The van der Waals surface area contributed by atoms with Crippen molar-refractivity contribution in [2.75, 3.05) is 13.1 Å². The monoisotopic (exact) mass is 561 g/mol. The maximum absolute atomic E-state index is 15.0. The standard InChI is InChI=1S/C21H13Cl2F8N3O2/c22-12-3-11(4-13(23)17(12)24)19(21(29,30)31)5-14(33-36-19)10-1-2-15(32-7-10)18(25)8-34(9-18)16(35)6-20(26,27)28/h1-5,7,33H,6,8-9H2. The Balaban J connectivity index is 1.57. The molecule has 3 heterocycles. The number of aromatic nitrogens is 1. The number of alkyl halides is 7. The molecule has 15 heteroatoms. The molecule has 0 bridgehead atoms. The summed E-state index contributed by atoms with van der Waals surface area (Å²) in [5.74, 6) is -2.39. The van der Waals surface area contributed by atoms with Crippen LogP contribution < -0.4 is 5.48 Å². The lowest BCUT2D eigenvalue weighted by Gasteiger charge is -2.44. The van der Waals surface area contributed by atoms with Gasteiger partial charge in [-0.2, -0.15) is 26.3 Å². The van der Waals surface area contributed by atoms with Crippen LogP contribution in [0.3, 0.4) is 0 Å². The van der Waals surface area contributed by atoms with Crippen molar-refractivity contribution < 1.29 is 44.8 Å². The van der Waals surface area contributed by atoms with Crippen LogP contribution >= 0.6 is 23.2 Å². The number of rotatable bonds is 4. The van der Waals surface area contributed by atoms with Crippen LogP contribution in [0.4, 0.5) is 35.1 Å². The van der Waals surface area contributed by atoms with Crippen molar-refractivity contribution in [3.63, 3.8) is 0 Å². The van der Waals surface area contributed by atoms with Crippen LogP contribution in [-0.4, -0.2) is 41.2 Å². The van der Waals surface area contributed by atoms with Crippen molar-refractivity contribution >= 4 is 34.8 Å². The third kappa shape index (κ3) is 4.71. The summed E-state index contributed by atoms with van der Waals surface area (Å²) in [5, 5.41) is -1.32. The molecular weight excluding hydrogens is 549 g/mol. The molecule has 1 fully saturated rings. The van der Waals surface area contributed by atoms with E-state index >= 15 is 4.39 Å². The third-order valence-electron chi connectivity index (χ3n) is 5.62. The summed E-state index contributed by atoms with van der Waals surface area (Å²) in [6, 6.07) is 3.77. The van der Waals surface area contributed by atoms with Gasteiger partial charge in [0.25, 0.3) is 0 Å². The van der Waals surface area contributed by atoms with E-state index in [9.17, 15) is 35.5 Å². The van der Waals surface area contributed by atoms with E-state index in [1.54, 1.807) is 0 Å². The normalized spacial score (nSPS) is 21.6. The lowest BCUT2D eigenvalue weighted by molar-refractivity contribution is -0.269. The van der Waals surface area contributed by atoms with E-state index in [0.29, 0.717) is 23.1 Å². The van der Waals surface area contributed by atoms with Gasteiger partial charge in [-0.05, 0) is 30.3 Å². The molecule has 0 aliphatic carbocycles. The molecule has 36 heavy (non-hydrogen) atoms. The fourth-order valence-corrected chi connectivity index (χ4v) is 4.24. The van der Waals surface area contributed by atoms with E-state index in [1.165, 1.54) is 6.07 Å². The van der Waals surface area contributed by atoms with Crippen molar-refractivity contribution in [3.05, 3.63) is 69.2 Å². The number of hydrogen-bond acceptors (Lipinski definition) is 4. The second-order valence-electron chi connectivity index (χ2n) is 8.19. The first-order valence-corrected chi connectivity index (χ1v) is 10.7. The lowest BCUT2D eigenvalue weighted by Crippen LogP contribution is -2.59. The van der Waals surface area contributed by atoms with Gasteiger partial charge in [0.05, 0.1) is 34.5 Å². The zero-order valence-corrected chi connectivity index (χ0v) is 19.1. The number of carbonyl (C=O) groups excluding carboxylic acids is 1. The molecule has 1 unspecified atom stereocenters. The predicted molar refractivity (Wildman–Crippen MR) is 111 cm³/mol. The largest absolute Gasteiger partial charge is 0.428 e. The number of amides is 1. The van der Waals surface area contributed by atoms with Crippen LogP contribution in [0.1, 0.15) is 23.2 Å². The molecule has 0 spiro atoms. The van der Waals surface area contributed by atoms with Gasteiger partial charge in [-0.3, -0.25) is 20.1 Å². The van der Waals surface area contributed by atoms with Gasteiger partial charge in [0, 0.05) is 17.3 Å². The molecule has 1 saturated heterocycles. The summed E-state index contributed by atoms with van der Waals surface area (Å²) >= 11 is 11.3. The quantitative estimate of drug-likeness (QED) is 0.377. The topological polar surface area (TPSA) is 54.5 Å². The van der Waals surface area contributed by atoms with Crippen molar-refractivity contribution in [3.8, 4) is 0 Å². The highest BCUT2D eigenvalue weighted by molar-refractivity contribution is 6.35. The maximum atomic E-state index is 15.0. The third-order valence-corrected chi connectivity index (χ3v) is 6.17. The van der Waals surface area contributed by atoms with Gasteiger partial charge in [0.2, 0.25) is 11.5 Å². The van der Waals surface area contributed by atoms with Crippen molar-refractivity contribution in [1.82, 2.24) is 15.4 Å². The summed E-state index contributed by atoms with van der Waals surface area (Å²) in [6.07, 6.45) is -9.83. The molecule has 1 atom stereocenters. The number of likely N-dealkylation sites (tertiary alicyclic amines) is 1. The number of nitrogens with one attached hydrogen (secondary N) is 1. The van der Waals surface area contributed by atoms with Crippen LogP contribution in [0, 0.1) is 5.82 Å². The summed E-state index contributed by atoms with van der Waals surface area (Å²) in [6.45, 7) is -1.30. The molecular formula is C21H13Cl2F8N3O2. The van der Waals surface area contributed by atoms with Crippen LogP contribution in [-0.2, 0) is 20.9 Å². The molecule has 1 amide bonds. The Morgan fingerprint density at radius 1 is 1.11 bits per heavy atom. The number of carbonyl (C=O) groups is 1. The van der Waals surface area contributed by atoms with Crippen molar-refractivity contribution in [1.29, 1.82) is 0 Å². The number of nitrogens with zero attached hydrogens (tertiary/aromatic N) is 2. The summed E-state index contributed by atoms with van der Waals surface area (Å²) in [4.78, 5) is 21.0. The first kappa shape index (κ1) is 26.4. The number of hydrogen-bond donors (Lipinski definition) is 1. The Kier molecular flexibility index (Phi) is 6.41. The molecule has 1 N–H and O–H groups in total. The molecule has 5 nitrogen and oxygen atoms in total. The highest BCUT2D eigenvalue weighted by atomic mass is 35.5. The minimum Gasteiger partial charge on any atom is -0.335 e. The Morgan fingerprint density at radius 2 is 1.72 bits per heavy atom. The second kappa shape index (κ2) is 8.73. The molecule has 2 aliphatic rings. The molecule has 1 aromatic heterocycles. The Bertz CT molecular complexity index is 1200. The van der Waals surface area contributed by atoms with E-state index in [0.717, 1.165) is 12.3 Å². The average Bonchev–Trinajstić information content (AvgIpc) is 3.21. The van der Waals surface area contributed by atoms with Gasteiger partial charge < -0.3 is 4.90 Å². The Labute approximate surface area is 207 Å². The minimum absolute atomic E-state index is 0.0390. The predicted octanol–water partition coefficient (Wildman–Crippen LogP) is 5.82. The Hall–Kier alpha value is -2.64. The molecule has 0 radical (unpaired) electrons. The Morgan fingerprint density at radius 3 is 2.22 bits per heavy atom. The fourth-order valence-electron chi connectivity index (χ4n) is 3.75. The van der Waals surface area contributed by atoms with Gasteiger partial charge in [-0.15, -0.1) is 0 Å². The molecule has 194 valence electrons. The van der Waals surface area contributed by atoms with Crippen LogP contribution in [0.25, 0.3) is 5.70 Å². The van der Waals surface area contributed by atoms with Gasteiger partial charge >= 0.3 is 12.4 Å². The van der Waals surface area contributed by atoms with E-state index in [2.05, 4.69) is 10.5 Å². The average molecular weight is 562 g/mol.